The summed E-state index contributed by atoms with van der Waals surface area (Å²) in [5.74, 6) is -2.09. The van der Waals surface area contributed by atoms with Gasteiger partial charge in [0.15, 0.2) is 17.5 Å². The fourth-order valence-corrected chi connectivity index (χ4v) is 2.34. The molecule has 0 bridgehead atoms. The molecule has 0 aliphatic heterocycles. The van der Waals surface area contributed by atoms with Gasteiger partial charge in [-0.15, -0.1) is 0 Å². The quantitative estimate of drug-likeness (QED) is 0.745. The third kappa shape index (κ3) is 2.56. The van der Waals surface area contributed by atoms with Crippen LogP contribution in [-0.4, -0.2) is 15.0 Å². The summed E-state index contributed by atoms with van der Waals surface area (Å²) in [4.78, 5) is 10.9. The third-order valence-corrected chi connectivity index (χ3v) is 3.41. The van der Waals surface area contributed by atoms with Gasteiger partial charge < -0.3 is 4.98 Å². The Labute approximate surface area is 126 Å². The summed E-state index contributed by atoms with van der Waals surface area (Å²) in [5.41, 5.74) is 0.625. The number of halogens is 4. The average Bonchev–Trinajstić information content (AvgIpc) is 2.84. The summed E-state index contributed by atoms with van der Waals surface area (Å²) < 4.78 is 40.3. The highest BCUT2D eigenvalue weighted by Crippen LogP contribution is 2.31. The minimum absolute atomic E-state index is 0.0199. The minimum Gasteiger partial charge on any atom is -0.331 e. The number of nitrogens with zero attached hydrogens (tertiary/aromatic N) is 2. The number of hydrogen-bond donors (Lipinski definition) is 1. The molecule has 3 nitrogen and oxygen atoms in total. The molecule has 7 heteroatoms. The molecule has 0 fully saturated rings. The lowest BCUT2D eigenvalue weighted by atomic mass is 10.1. The van der Waals surface area contributed by atoms with E-state index in [2.05, 4.69) is 30.9 Å². The predicted molar refractivity (Wildman–Crippen MR) is 74.8 cm³/mol. The van der Waals surface area contributed by atoms with Crippen molar-refractivity contribution < 1.29 is 13.2 Å². The first-order chi connectivity index (χ1) is 10.1. The predicted octanol–water partition coefficient (Wildman–Crippen LogP) is 4.32. The Bertz CT molecular complexity index is 800. The number of aromatic amines is 1. The number of imidazole rings is 1. The van der Waals surface area contributed by atoms with Crippen molar-refractivity contribution in [1.29, 1.82) is 0 Å². The molecule has 106 valence electrons. The Balaban J connectivity index is 2.10. The molecular formula is C14H7BrF3N3. The van der Waals surface area contributed by atoms with Gasteiger partial charge in [0, 0.05) is 5.56 Å². The lowest BCUT2D eigenvalue weighted by molar-refractivity contribution is 0.511. The highest BCUT2D eigenvalue weighted by molar-refractivity contribution is 9.10. The van der Waals surface area contributed by atoms with Crippen molar-refractivity contribution in [3.8, 4) is 22.8 Å². The SMILES string of the molecule is Fc1ccc(-c2nc(-c3cccc(F)c3F)c(Br)[nH]2)nc1. The second-order valence-corrected chi connectivity index (χ2v) is 5.00. The number of benzene rings is 1. The van der Waals surface area contributed by atoms with E-state index in [-0.39, 0.29) is 11.3 Å². The molecule has 2 heterocycles. The molecule has 0 atom stereocenters. The Morgan fingerprint density at radius 2 is 1.86 bits per heavy atom. The minimum atomic E-state index is -0.983. The van der Waals surface area contributed by atoms with Crippen LogP contribution in [0.25, 0.3) is 22.8 Å². The largest absolute Gasteiger partial charge is 0.331 e. The van der Waals surface area contributed by atoms with Crippen LogP contribution in [0.1, 0.15) is 0 Å². The summed E-state index contributed by atoms with van der Waals surface area (Å²) in [7, 11) is 0. The molecule has 0 aliphatic carbocycles. The Morgan fingerprint density at radius 3 is 2.57 bits per heavy atom. The van der Waals surface area contributed by atoms with Gasteiger partial charge in [0.25, 0.3) is 0 Å². The van der Waals surface area contributed by atoms with Crippen LogP contribution in [0.5, 0.6) is 0 Å². The van der Waals surface area contributed by atoms with Crippen molar-refractivity contribution in [3.63, 3.8) is 0 Å². The molecule has 0 amide bonds. The Morgan fingerprint density at radius 1 is 1.05 bits per heavy atom. The van der Waals surface area contributed by atoms with Crippen molar-refractivity contribution >= 4 is 15.9 Å². The van der Waals surface area contributed by atoms with E-state index in [1.165, 1.54) is 24.3 Å². The standard InChI is InChI=1S/C14H7BrF3N3/c15-13-12(8-2-1-3-9(17)11(8)18)20-14(21-13)10-5-4-7(16)6-19-10/h1-6H,(H,20,21). The second-order valence-electron chi connectivity index (χ2n) is 4.21. The fraction of sp³-hybridized carbons (Fsp3) is 0. The Hall–Kier alpha value is -2.15. The van der Waals surface area contributed by atoms with Gasteiger partial charge in [-0.05, 0) is 40.2 Å². The summed E-state index contributed by atoms with van der Waals surface area (Å²) in [5, 5.41) is 0. The second kappa shape index (κ2) is 5.33. The first-order valence-electron chi connectivity index (χ1n) is 5.88. The van der Waals surface area contributed by atoms with Gasteiger partial charge >= 0.3 is 0 Å². The van der Waals surface area contributed by atoms with E-state index in [0.717, 1.165) is 12.3 Å². The first kappa shape index (κ1) is 13.8. The van der Waals surface area contributed by atoms with Crippen LogP contribution >= 0.6 is 15.9 Å². The van der Waals surface area contributed by atoms with Crippen LogP contribution in [-0.2, 0) is 0 Å². The van der Waals surface area contributed by atoms with E-state index >= 15 is 0 Å². The average molecular weight is 354 g/mol. The normalized spacial score (nSPS) is 10.9. The van der Waals surface area contributed by atoms with Crippen molar-refractivity contribution in [2.45, 2.75) is 0 Å². The number of hydrogen-bond acceptors (Lipinski definition) is 2. The maximum Gasteiger partial charge on any atom is 0.168 e. The van der Waals surface area contributed by atoms with Crippen molar-refractivity contribution in [1.82, 2.24) is 15.0 Å². The molecule has 0 aliphatic rings. The highest BCUT2D eigenvalue weighted by atomic mass is 79.9. The summed E-state index contributed by atoms with van der Waals surface area (Å²) in [6, 6.07) is 6.52. The van der Waals surface area contributed by atoms with Gasteiger partial charge in [-0.25, -0.2) is 23.1 Å². The van der Waals surface area contributed by atoms with Gasteiger partial charge in [0.1, 0.15) is 21.8 Å². The van der Waals surface area contributed by atoms with Crippen molar-refractivity contribution in [3.05, 3.63) is 58.6 Å². The summed E-state index contributed by atoms with van der Waals surface area (Å²) >= 11 is 3.22. The van der Waals surface area contributed by atoms with E-state index < -0.39 is 17.5 Å². The zero-order valence-corrected chi connectivity index (χ0v) is 12.0. The van der Waals surface area contributed by atoms with Gasteiger partial charge in [-0.2, -0.15) is 0 Å². The first-order valence-corrected chi connectivity index (χ1v) is 6.67. The van der Waals surface area contributed by atoms with Crippen molar-refractivity contribution in [2.75, 3.05) is 0 Å². The lowest BCUT2D eigenvalue weighted by Crippen LogP contribution is -1.90. The molecule has 3 rings (SSSR count). The van der Waals surface area contributed by atoms with E-state index in [9.17, 15) is 13.2 Å². The zero-order chi connectivity index (χ0) is 15.0. The van der Waals surface area contributed by atoms with Crippen LogP contribution < -0.4 is 0 Å². The molecule has 2 aromatic heterocycles. The lowest BCUT2D eigenvalue weighted by Gasteiger charge is -2.00. The maximum absolute atomic E-state index is 13.8. The van der Waals surface area contributed by atoms with Gasteiger partial charge in [-0.1, -0.05) is 6.07 Å². The fourth-order valence-electron chi connectivity index (χ4n) is 1.85. The molecule has 21 heavy (non-hydrogen) atoms. The van der Waals surface area contributed by atoms with E-state index in [0.29, 0.717) is 16.1 Å². The van der Waals surface area contributed by atoms with E-state index in [4.69, 9.17) is 0 Å². The molecule has 1 N–H and O–H groups in total. The third-order valence-electron chi connectivity index (χ3n) is 2.84. The van der Waals surface area contributed by atoms with Crippen LogP contribution in [0.15, 0.2) is 41.1 Å². The van der Waals surface area contributed by atoms with Gasteiger partial charge in [0.2, 0.25) is 0 Å². The molecule has 0 unspecified atom stereocenters. The van der Waals surface area contributed by atoms with Gasteiger partial charge in [-0.3, -0.25) is 0 Å². The van der Waals surface area contributed by atoms with E-state index in [1.807, 2.05) is 0 Å². The van der Waals surface area contributed by atoms with Crippen LogP contribution in [0.3, 0.4) is 0 Å². The van der Waals surface area contributed by atoms with Gasteiger partial charge in [0.05, 0.1) is 6.20 Å². The summed E-state index contributed by atoms with van der Waals surface area (Å²) in [6.45, 7) is 0. The molecule has 1 aromatic carbocycles. The number of nitrogens with one attached hydrogen (secondary N) is 1. The monoisotopic (exact) mass is 353 g/mol. The molecule has 0 radical (unpaired) electrons. The number of pyridine rings is 1. The van der Waals surface area contributed by atoms with E-state index in [1.54, 1.807) is 0 Å². The topological polar surface area (TPSA) is 41.6 Å². The van der Waals surface area contributed by atoms with Crippen LogP contribution in [0.2, 0.25) is 0 Å². The molecule has 0 spiro atoms. The summed E-state index contributed by atoms with van der Waals surface area (Å²) in [6.07, 6.45) is 1.05. The van der Waals surface area contributed by atoms with Crippen LogP contribution in [0, 0.1) is 17.5 Å². The molecular weight excluding hydrogens is 347 g/mol. The van der Waals surface area contributed by atoms with Crippen molar-refractivity contribution in [2.24, 2.45) is 0 Å². The maximum atomic E-state index is 13.8. The molecule has 0 saturated heterocycles. The molecule has 3 aromatic rings. The molecule has 0 saturated carbocycles. The van der Waals surface area contributed by atoms with Crippen LogP contribution in [0.4, 0.5) is 13.2 Å². The zero-order valence-electron chi connectivity index (χ0n) is 10.4. The highest BCUT2D eigenvalue weighted by Gasteiger charge is 2.17. The number of rotatable bonds is 2. The number of aromatic nitrogens is 3. The smallest absolute Gasteiger partial charge is 0.168 e. The number of H-pyrrole nitrogens is 1. The Kier molecular flexibility index (Phi) is 3.50.